The summed E-state index contributed by atoms with van der Waals surface area (Å²) in [4.78, 5) is 0.253. The number of hydrogen-bond donors (Lipinski definition) is 2. The zero-order valence-corrected chi connectivity index (χ0v) is 13.7. The highest BCUT2D eigenvalue weighted by molar-refractivity contribution is 7.89. The first kappa shape index (κ1) is 17.1. The quantitative estimate of drug-likeness (QED) is 0.762. The standard InChI is InChI=1S/C13H22N2O3S2/c1-4-9-14-20(17,18)13-7-5-12(6-8-13)15-11(2)10-19(3)16/h5-8,11,14-15H,4,9-10H2,1-3H3. The molecule has 114 valence electrons. The molecule has 0 saturated heterocycles. The Bertz CT molecular complexity index is 541. The predicted molar refractivity (Wildman–Crippen MR) is 83.9 cm³/mol. The topological polar surface area (TPSA) is 75.3 Å². The van der Waals surface area contributed by atoms with Crippen LogP contribution in [0.1, 0.15) is 20.3 Å². The molecule has 2 N–H and O–H groups in total. The van der Waals surface area contributed by atoms with Gasteiger partial charge in [-0.15, -0.1) is 0 Å². The number of benzene rings is 1. The lowest BCUT2D eigenvalue weighted by molar-refractivity contribution is 0.581. The van der Waals surface area contributed by atoms with Crippen LogP contribution >= 0.6 is 0 Å². The van der Waals surface area contributed by atoms with Crippen LogP contribution in [0.4, 0.5) is 5.69 Å². The monoisotopic (exact) mass is 318 g/mol. The third kappa shape index (κ3) is 5.60. The molecule has 0 saturated carbocycles. The Hall–Kier alpha value is -0.920. The van der Waals surface area contributed by atoms with Gasteiger partial charge >= 0.3 is 0 Å². The molecule has 7 heteroatoms. The summed E-state index contributed by atoms with van der Waals surface area (Å²) < 4.78 is 37.4. The van der Waals surface area contributed by atoms with E-state index in [-0.39, 0.29) is 10.9 Å². The number of anilines is 1. The van der Waals surface area contributed by atoms with Gasteiger partial charge in [0, 0.05) is 41.1 Å². The van der Waals surface area contributed by atoms with Crippen molar-refractivity contribution < 1.29 is 12.6 Å². The highest BCUT2D eigenvalue weighted by Gasteiger charge is 2.12. The summed E-state index contributed by atoms with van der Waals surface area (Å²) in [6.45, 7) is 4.28. The average molecular weight is 318 g/mol. The molecule has 2 unspecified atom stereocenters. The fourth-order valence-electron chi connectivity index (χ4n) is 1.73. The van der Waals surface area contributed by atoms with Crippen molar-refractivity contribution in [2.75, 3.05) is 23.9 Å². The zero-order chi connectivity index (χ0) is 15.2. The Labute approximate surface area is 123 Å². The van der Waals surface area contributed by atoms with Gasteiger partial charge in [0.2, 0.25) is 10.0 Å². The molecule has 5 nitrogen and oxygen atoms in total. The van der Waals surface area contributed by atoms with Crippen molar-refractivity contribution in [1.29, 1.82) is 0 Å². The minimum Gasteiger partial charge on any atom is -0.382 e. The van der Waals surface area contributed by atoms with Crippen molar-refractivity contribution in [2.45, 2.75) is 31.2 Å². The van der Waals surface area contributed by atoms with Gasteiger partial charge in [-0.05, 0) is 37.6 Å². The van der Waals surface area contributed by atoms with Gasteiger partial charge in [0.05, 0.1) is 4.90 Å². The lowest BCUT2D eigenvalue weighted by Gasteiger charge is -2.14. The molecule has 0 spiro atoms. The van der Waals surface area contributed by atoms with Crippen molar-refractivity contribution in [3.63, 3.8) is 0 Å². The van der Waals surface area contributed by atoms with Gasteiger partial charge in [0.25, 0.3) is 0 Å². The predicted octanol–water partition coefficient (Wildman–Crippen LogP) is 1.55. The summed E-state index contributed by atoms with van der Waals surface area (Å²) >= 11 is 0. The first-order valence-electron chi connectivity index (χ1n) is 6.51. The minimum atomic E-state index is -3.41. The molecule has 0 fully saturated rings. The van der Waals surface area contributed by atoms with Crippen molar-refractivity contribution in [1.82, 2.24) is 4.72 Å². The number of rotatable bonds is 8. The van der Waals surface area contributed by atoms with E-state index in [1.54, 1.807) is 30.5 Å². The van der Waals surface area contributed by atoms with Crippen molar-refractivity contribution in [3.05, 3.63) is 24.3 Å². The SMILES string of the molecule is CCCNS(=O)(=O)c1ccc(NC(C)CS(C)=O)cc1. The summed E-state index contributed by atoms with van der Waals surface area (Å²) in [6.07, 6.45) is 2.41. The summed E-state index contributed by atoms with van der Waals surface area (Å²) in [5, 5.41) is 3.19. The molecule has 0 aliphatic rings. The molecule has 0 amide bonds. The van der Waals surface area contributed by atoms with Crippen LogP contribution in [0, 0.1) is 0 Å². The highest BCUT2D eigenvalue weighted by atomic mass is 32.2. The molecule has 20 heavy (non-hydrogen) atoms. The molecule has 2 atom stereocenters. The molecule has 1 rings (SSSR count). The third-order valence-corrected chi connectivity index (χ3v) is 5.05. The fraction of sp³-hybridized carbons (Fsp3) is 0.538. The van der Waals surface area contributed by atoms with E-state index in [4.69, 9.17) is 0 Å². The second-order valence-corrected chi connectivity index (χ2v) is 7.95. The van der Waals surface area contributed by atoms with Gasteiger partial charge in [-0.2, -0.15) is 0 Å². The highest BCUT2D eigenvalue weighted by Crippen LogP contribution is 2.14. The van der Waals surface area contributed by atoms with E-state index in [1.165, 1.54) is 0 Å². The molecule has 1 aromatic carbocycles. The molecule has 0 heterocycles. The van der Waals surface area contributed by atoms with Crippen LogP contribution < -0.4 is 10.0 Å². The maximum absolute atomic E-state index is 11.9. The lowest BCUT2D eigenvalue weighted by atomic mass is 10.3. The third-order valence-electron chi connectivity index (χ3n) is 2.60. The number of nitrogens with one attached hydrogen (secondary N) is 2. The van der Waals surface area contributed by atoms with Crippen LogP contribution in [0.2, 0.25) is 0 Å². The average Bonchev–Trinajstić information content (AvgIpc) is 2.36. The molecule has 0 aliphatic carbocycles. The summed E-state index contributed by atoms with van der Waals surface area (Å²) in [7, 11) is -4.27. The molecule has 0 aliphatic heterocycles. The smallest absolute Gasteiger partial charge is 0.240 e. The summed E-state index contributed by atoms with van der Waals surface area (Å²) in [5.41, 5.74) is 0.817. The van der Waals surface area contributed by atoms with Gasteiger partial charge in [0.1, 0.15) is 0 Å². The van der Waals surface area contributed by atoms with E-state index >= 15 is 0 Å². The Kier molecular flexibility index (Phi) is 6.64. The van der Waals surface area contributed by atoms with Crippen LogP contribution in [0.5, 0.6) is 0 Å². The first-order valence-corrected chi connectivity index (χ1v) is 9.72. The fourth-order valence-corrected chi connectivity index (χ4v) is 3.65. The zero-order valence-electron chi connectivity index (χ0n) is 12.0. The maximum Gasteiger partial charge on any atom is 0.240 e. The van der Waals surface area contributed by atoms with Crippen molar-refractivity contribution in [3.8, 4) is 0 Å². The van der Waals surface area contributed by atoms with Crippen LogP contribution in [-0.2, 0) is 20.8 Å². The summed E-state index contributed by atoms with van der Waals surface area (Å²) in [6, 6.07) is 6.64. The molecular weight excluding hydrogens is 296 g/mol. The molecular formula is C13H22N2O3S2. The van der Waals surface area contributed by atoms with Gasteiger partial charge < -0.3 is 5.32 Å². The van der Waals surface area contributed by atoms with E-state index in [0.29, 0.717) is 12.3 Å². The molecule has 0 bridgehead atoms. The number of sulfonamides is 1. The Morgan fingerprint density at radius 3 is 2.35 bits per heavy atom. The molecule has 0 radical (unpaired) electrons. The van der Waals surface area contributed by atoms with Gasteiger partial charge in [-0.25, -0.2) is 13.1 Å². The second-order valence-electron chi connectivity index (χ2n) is 4.71. The van der Waals surface area contributed by atoms with E-state index in [9.17, 15) is 12.6 Å². The van der Waals surface area contributed by atoms with E-state index in [0.717, 1.165) is 12.1 Å². The van der Waals surface area contributed by atoms with Crippen LogP contribution in [-0.4, -0.2) is 37.2 Å². The minimum absolute atomic E-state index is 0.0708. The number of hydrogen-bond acceptors (Lipinski definition) is 4. The van der Waals surface area contributed by atoms with Crippen LogP contribution in [0.3, 0.4) is 0 Å². The Morgan fingerprint density at radius 1 is 1.25 bits per heavy atom. The van der Waals surface area contributed by atoms with Gasteiger partial charge in [-0.3, -0.25) is 4.21 Å². The van der Waals surface area contributed by atoms with E-state index in [2.05, 4.69) is 10.0 Å². The van der Waals surface area contributed by atoms with Gasteiger partial charge in [-0.1, -0.05) is 6.92 Å². The first-order chi connectivity index (χ1) is 9.35. The largest absolute Gasteiger partial charge is 0.382 e. The lowest BCUT2D eigenvalue weighted by Crippen LogP contribution is -2.24. The second kappa shape index (κ2) is 7.75. The van der Waals surface area contributed by atoms with Gasteiger partial charge in [0.15, 0.2) is 0 Å². The van der Waals surface area contributed by atoms with E-state index < -0.39 is 20.8 Å². The Balaban J connectivity index is 2.71. The molecule has 0 aromatic heterocycles. The molecule has 1 aromatic rings. The van der Waals surface area contributed by atoms with Crippen molar-refractivity contribution in [2.24, 2.45) is 0 Å². The van der Waals surface area contributed by atoms with E-state index in [1.807, 2.05) is 13.8 Å². The Morgan fingerprint density at radius 2 is 1.85 bits per heavy atom. The van der Waals surface area contributed by atoms with Crippen molar-refractivity contribution >= 4 is 26.5 Å². The normalized spacial score (nSPS) is 14.8. The van der Waals surface area contributed by atoms with Crippen LogP contribution in [0.15, 0.2) is 29.2 Å². The maximum atomic E-state index is 11.9. The van der Waals surface area contributed by atoms with Crippen LogP contribution in [0.25, 0.3) is 0 Å². The summed E-state index contributed by atoms with van der Waals surface area (Å²) in [5.74, 6) is 0.554.